The Balaban J connectivity index is 2.00. The van der Waals surface area contributed by atoms with Gasteiger partial charge in [-0.2, -0.15) is 0 Å². The first-order chi connectivity index (χ1) is 16.8. The van der Waals surface area contributed by atoms with E-state index in [1.807, 2.05) is 0 Å². The van der Waals surface area contributed by atoms with Crippen LogP contribution in [-0.4, -0.2) is 42.8 Å². The number of aliphatic carboxylic acids is 1. The van der Waals surface area contributed by atoms with Gasteiger partial charge in [-0.25, -0.2) is 4.79 Å². The number of carboxylic acids is 1. The maximum atomic E-state index is 13.7. The zero-order valence-electron chi connectivity index (χ0n) is 18.9. The topological polar surface area (TPSA) is 119 Å². The number of ketones is 2. The molecule has 8 heteroatoms. The van der Waals surface area contributed by atoms with Crippen LogP contribution in [0.2, 0.25) is 0 Å². The third kappa shape index (κ3) is 4.41. The van der Waals surface area contributed by atoms with E-state index < -0.39 is 29.4 Å². The monoisotopic (exact) mass is 471 g/mol. The van der Waals surface area contributed by atoms with E-state index in [0.29, 0.717) is 28.3 Å². The highest BCUT2D eigenvalue weighted by Gasteiger charge is 2.40. The molecular weight excluding hydrogens is 450 g/mol. The molecule has 0 saturated carbocycles. The largest absolute Gasteiger partial charge is 0.497 e. The maximum absolute atomic E-state index is 13.7. The van der Waals surface area contributed by atoms with Crippen molar-refractivity contribution in [2.75, 3.05) is 19.5 Å². The van der Waals surface area contributed by atoms with Gasteiger partial charge in [-0.3, -0.25) is 14.4 Å². The molecule has 0 radical (unpaired) electrons. The van der Waals surface area contributed by atoms with Crippen molar-refractivity contribution in [3.05, 3.63) is 89.5 Å². The highest BCUT2D eigenvalue weighted by Crippen LogP contribution is 2.41. The normalized spacial score (nSPS) is 14.4. The van der Waals surface area contributed by atoms with Crippen LogP contribution >= 0.6 is 0 Å². The van der Waals surface area contributed by atoms with Crippen molar-refractivity contribution in [1.29, 1.82) is 0 Å². The molecule has 0 aliphatic carbocycles. The Morgan fingerprint density at radius 1 is 0.800 bits per heavy atom. The summed E-state index contributed by atoms with van der Waals surface area (Å²) in [6, 6.07) is 19.1. The number of Topliss-reactive ketones (excluding diaryl/α,β-unsaturated/α-hetero) is 2. The second-order valence-corrected chi connectivity index (χ2v) is 7.71. The van der Waals surface area contributed by atoms with Gasteiger partial charge in [0.2, 0.25) is 0 Å². The van der Waals surface area contributed by atoms with Crippen molar-refractivity contribution in [1.82, 2.24) is 0 Å². The number of allylic oxidation sites excluding steroid dienone is 1. The first-order valence-electron chi connectivity index (χ1n) is 10.6. The van der Waals surface area contributed by atoms with Crippen molar-refractivity contribution >= 4 is 40.3 Å². The molecule has 1 amide bonds. The number of hydrogen-bond acceptors (Lipinski definition) is 6. The molecule has 35 heavy (non-hydrogen) atoms. The third-order valence-electron chi connectivity index (χ3n) is 5.74. The molecule has 1 heterocycles. The highest BCUT2D eigenvalue weighted by molar-refractivity contribution is 6.46. The van der Waals surface area contributed by atoms with Gasteiger partial charge in [0, 0.05) is 16.8 Å². The van der Waals surface area contributed by atoms with Crippen LogP contribution in [0.4, 0.5) is 5.69 Å². The molecule has 1 unspecified atom stereocenters. The van der Waals surface area contributed by atoms with Gasteiger partial charge in [-0.05, 0) is 53.6 Å². The number of carbonyl (C=O) groups excluding carboxylic acids is 3. The van der Waals surface area contributed by atoms with Crippen LogP contribution < -0.4 is 14.8 Å². The Bertz CT molecular complexity index is 1360. The van der Waals surface area contributed by atoms with Crippen molar-refractivity contribution in [2.24, 2.45) is 5.92 Å². The summed E-state index contributed by atoms with van der Waals surface area (Å²) < 4.78 is 10.3. The fourth-order valence-electron chi connectivity index (χ4n) is 4.04. The molecule has 3 aromatic carbocycles. The summed E-state index contributed by atoms with van der Waals surface area (Å²) in [4.78, 5) is 51.8. The number of rotatable bonds is 8. The number of carboxylic acid groups (broad SMARTS) is 1. The molecule has 3 aromatic rings. The Morgan fingerprint density at radius 2 is 1.34 bits per heavy atom. The number of carbonyl (C=O) groups is 4. The number of amides is 1. The molecule has 1 aliphatic rings. The predicted molar refractivity (Wildman–Crippen MR) is 128 cm³/mol. The van der Waals surface area contributed by atoms with Crippen LogP contribution in [0.3, 0.4) is 0 Å². The van der Waals surface area contributed by atoms with E-state index >= 15 is 0 Å². The van der Waals surface area contributed by atoms with E-state index in [2.05, 4.69) is 5.32 Å². The van der Waals surface area contributed by atoms with Gasteiger partial charge in [0.15, 0.2) is 5.78 Å². The summed E-state index contributed by atoms with van der Waals surface area (Å²) in [6.45, 7) is 0. The predicted octanol–water partition coefficient (Wildman–Crippen LogP) is 3.72. The molecule has 4 rings (SSSR count). The number of fused-ring (bicyclic) bond motifs is 1. The minimum Gasteiger partial charge on any atom is -0.497 e. The lowest BCUT2D eigenvalue weighted by molar-refractivity contribution is -0.149. The summed E-state index contributed by atoms with van der Waals surface area (Å²) in [7, 11) is 2.95. The summed E-state index contributed by atoms with van der Waals surface area (Å²) in [5.74, 6) is -5.20. The fraction of sp³-hybridized carbons (Fsp3) is 0.111. The van der Waals surface area contributed by atoms with E-state index in [1.165, 1.54) is 38.5 Å². The highest BCUT2D eigenvalue weighted by atomic mass is 16.5. The van der Waals surface area contributed by atoms with Gasteiger partial charge >= 0.3 is 5.97 Å². The van der Waals surface area contributed by atoms with E-state index in [-0.39, 0.29) is 16.7 Å². The number of para-hydroxylation sites is 1. The van der Waals surface area contributed by atoms with Crippen LogP contribution in [0.5, 0.6) is 11.5 Å². The van der Waals surface area contributed by atoms with E-state index in [1.54, 1.807) is 48.5 Å². The zero-order chi connectivity index (χ0) is 25.1. The average molecular weight is 471 g/mol. The number of nitrogens with one attached hydrogen (secondary N) is 1. The smallest absolute Gasteiger partial charge is 0.373 e. The quantitative estimate of drug-likeness (QED) is 0.222. The van der Waals surface area contributed by atoms with Gasteiger partial charge in [0.25, 0.3) is 11.7 Å². The lowest BCUT2D eigenvalue weighted by Gasteiger charge is -2.20. The van der Waals surface area contributed by atoms with Crippen molar-refractivity contribution in [2.45, 2.75) is 0 Å². The Kier molecular flexibility index (Phi) is 6.46. The number of methoxy groups -OCH3 is 2. The van der Waals surface area contributed by atoms with Crippen LogP contribution in [0.15, 0.2) is 72.8 Å². The molecule has 0 saturated heterocycles. The molecule has 0 fully saturated rings. The van der Waals surface area contributed by atoms with Crippen LogP contribution in [0.1, 0.15) is 21.5 Å². The van der Waals surface area contributed by atoms with Gasteiger partial charge in [-0.1, -0.05) is 30.3 Å². The third-order valence-corrected chi connectivity index (χ3v) is 5.74. The lowest BCUT2D eigenvalue weighted by Crippen LogP contribution is -2.32. The summed E-state index contributed by atoms with van der Waals surface area (Å²) in [5, 5.41) is 12.4. The first kappa shape index (κ1) is 23.4. The molecule has 8 nitrogen and oxygen atoms in total. The van der Waals surface area contributed by atoms with Crippen molar-refractivity contribution < 1.29 is 33.8 Å². The van der Waals surface area contributed by atoms with Gasteiger partial charge in [0.1, 0.15) is 17.4 Å². The minimum atomic E-state index is -1.78. The second kappa shape index (κ2) is 9.64. The van der Waals surface area contributed by atoms with Gasteiger partial charge < -0.3 is 19.9 Å². The van der Waals surface area contributed by atoms with Crippen LogP contribution in [0.25, 0.3) is 11.1 Å². The van der Waals surface area contributed by atoms with Crippen LogP contribution in [0, 0.1) is 5.92 Å². The van der Waals surface area contributed by atoms with Gasteiger partial charge in [0.05, 0.1) is 19.8 Å². The summed E-state index contributed by atoms with van der Waals surface area (Å²) >= 11 is 0. The number of anilines is 1. The Morgan fingerprint density at radius 3 is 1.89 bits per heavy atom. The molecule has 0 spiro atoms. The molecule has 0 aromatic heterocycles. The maximum Gasteiger partial charge on any atom is 0.373 e. The lowest BCUT2D eigenvalue weighted by atomic mass is 9.79. The number of hydrogen-bond donors (Lipinski definition) is 2. The van der Waals surface area contributed by atoms with E-state index in [0.717, 1.165) is 0 Å². The molecule has 176 valence electrons. The molecular formula is C27H21NO7. The average Bonchev–Trinajstić information content (AvgIpc) is 3.21. The van der Waals surface area contributed by atoms with Crippen molar-refractivity contribution in [3.8, 4) is 11.5 Å². The number of ether oxygens (including phenoxy) is 2. The standard InChI is InChI=1S/C27H21NO7/c1-34-17-11-7-15(8-12-17)21(22-19-5-3-4-6-20(19)28-26(22)31)23(25(30)27(32)33)24(29)16-9-13-18(35-2)14-10-16/h3-14,23H,1-2H3,(H,28,31)(H,32,33)/b22-21+. The molecule has 2 N–H and O–H groups in total. The summed E-state index contributed by atoms with van der Waals surface area (Å²) in [6.07, 6.45) is 0. The van der Waals surface area contributed by atoms with E-state index in [9.17, 15) is 24.3 Å². The summed E-state index contributed by atoms with van der Waals surface area (Å²) in [5.41, 5.74) is 1.47. The Hall–Kier alpha value is -4.72. The fourth-order valence-corrected chi connectivity index (χ4v) is 4.04. The minimum absolute atomic E-state index is 0.00308. The van der Waals surface area contributed by atoms with E-state index in [4.69, 9.17) is 9.47 Å². The second-order valence-electron chi connectivity index (χ2n) is 7.71. The SMILES string of the molecule is COc1ccc(C(=O)C(C(=O)C(=O)O)/C(=C2/C(=O)Nc3ccccc32)c2ccc(OC)cc2)cc1. The first-order valence-corrected chi connectivity index (χ1v) is 10.6. The van der Waals surface area contributed by atoms with Crippen molar-refractivity contribution in [3.63, 3.8) is 0 Å². The number of benzene rings is 3. The molecule has 0 bridgehead atoms. The Labute approximate surface area is 200 Å². The molecule has 1 aliphatic heterocycles. The van der Waals surface area contributed by atoms with Crippen LogP contribution in [-0.2, 0) is 14.4 Å². The molecule has 1 atom stereocenters. The zero-order valence-corrected chi connectivity index (χ0v) is 18.9. The van der Waals surface area contributed by atoms with Gasteiger partial charge in [-0.15, -0.1) is 0 Å².